The summed E-state index contributed by atoms with van der Waals surface area (Å²) in [6, 6.07) is 0. The van der Waals surface area contributed by atoms with Crippen LogP contribution in [0.1, 0.15) is 26.7 Å². The lowest BCUT2D eigenvalue weighted by atomic mass is 10.5. The van der Waals surface area contributed by atoms with E-state index in [9.17, 15) is 8.78 Å². The first kappa shape index (κ1) is 20.6. The second-order valence-corrected chi connectivity index (χ2v) is 3.20. The van der Waals surface area contributed by atoms with Crippen LogP contribution in [-0.2, 0) is 4.74 Å². The third kappa shape index (κ3) is 54.7. The highest BCUT2D eigenvalue weighted by atomic mass is 79.9. The van der Waals surface area contributed by atoms with E-state index in [1.54, 1.807) is 0 Å². The lowest BCUT2D eigenvalue weighted by Gasteiger charge is -1.93. The largest absolute Gasteiger partial charge is 0.396 e. The summed E-state index contributed by atoms with van der Waals surface area (Å²) in [7, 11) is 0. The summed E-state index contributed by atoms with van der Waals surface area (Å²) in [5.74, 6) is 0. The molecule has 0 radical (unpaired) electrons. The molecule has 0 spiro atoms. The van der Waals surface area contributed by atoms with Crippen LogP contribution in [-0.4, -0.2) is 43.6 Å². The Kier molecular flexibility index (Phi) is 40.2. The molecule has 0 fully saturated rings. The van der Waals surface area contributed by atoms with Gasteiger partial charge in [-0.2, -0.15) is 0 Å². The normalized spacial score (nSPS) is 8.40. The number of aliphatic hydroxyl groups is 1. The van der Waals surface area contributed by atoms with E-state index in [-0.39, 0.29) is 20.0 Å². The molecule has 2 nitrogen and oxygen atoms in total. The molecule has 0 aromatic carbocycles. The minimum Gasteiger partial charge on any atom is -0.396 e. The molecular formula is C10H23BrF2O2. The van der Waals surface area contributed by atoms with E-state index in [2.05, 4.69) is 15.9 Å². The van der Waals surface area contributed by atoms with Gasteiger partial charge in [-0.1, -0.05) is 29.8 Å². The lowest BCUT2D eigenvalue weighted by Crippen LogP contribution is -1.95. The molecule has 0 aliphatic heterocycles. The predicted octanol–water partition coefficient (Wildman–Crippen LogP) is 3.12. The molecule has 0 atom stereocenters. The van der Waals surface area contributed by atoms with Gasteiger partial charge in [0, 0.05) is 18.5 Å². The number of hydrogen-bond donors (Lipinski definition) is 1. The summed E-state index contributed by atoms with van der Waals surface area (Å²) in [5, 5.41) is 8.34. The van der Waals surface area contributed by atoms with E-state index in [0.717, 1.165) is 12.8 Å². The fraction of sp³-hybridized carbons (Fsp3) is 1.00. The van der Waals surface area contributed by atoms with Crippen molar-refractivity contribution in [1.29, 1.82) is 0 Å². The van der Waals surface area contributed by atoms with E-state index in [1.165, 1.54) is 0 Å². The number of rotatable bonds is 6. The minimum absolute atomic E-state index is 0.258. The zero-order valence-electron chi connectivity index (χ0n) is 9.65. The maximum absolute atomic E-state index is 11.2. The SMILES string of the molecule is CCCO.CCCOCCF.FCCBr. The van der Waals surface area contributed by atoms with Gasteiger partial charge in [-0.05, 0) is 12.8 Å². The van der Waals surface area contributed by atoms with Crippen LogP contribution in [0.25, 0.3) is 0 Å². The van der Waals surface area contributed by atoms with Crippen LogP contribution in [0, 0.1) is 0 Å². The van der Waals surface area contributed by atoms with Gasteiger partial charge in [-0.3, -0.25) is 4.39 Å². The minimum atomic E-state index is -0.361. The van der Waals surface area contributed by atoms with E-state index in [1.807, 2.05) is 13.8 Å². The number of ether oxygens (including phenoxy) is 1. The van der Waals surface area contributed by atoms with Gasteiger partial charge in [-0.25, -0.2) is 4.39 Å². The lowest BCUT2D eigenvalue weighted by molar-refractivity contribution is 0.119. The average Bonchev–Trinajstić information content (AvgIpc) is 2.30. The van der Waals surface area contributed by atoms with E-state index < -0.39 is 0 Å². The molecule has 5 heteroatoms. The van der Waals surface area contributed by atoms with Crippen molar-refractivity contribution < 1.29 is 18.6 Å². The standard InChI is InChI=1S/C5H11FO.C3H8O.C2H4BrF/c1-2-4-7-5-3-6;1-2-3-4;3-1-2-4/h2-5H2,1H3;4H,2-3H2,1H3;1-2H2. The van der Waals surface area contributed by atoms with Gasteiger partial charge in [0.25, 0.3) is 0 Å². The van der Waals surface area contributed by atoms with Crippen molar-refractivity contribution >= 4 is 15.9 Å². The number of aliphatic hydroxyl groups excluding tert-OH is 1. The molecule has 0 heterocycles. The van der Waals surface area contributed by atoms with Gasteiger partial charge in [0.05, 0.1) is 13.3 Å². The molecule has 96 valence electrons. The van der Waals surface area contributed by atoms with Crippen molar-refractivity contribution in [3.8, 4) is 0 Å². The summed E-state index contributed by atoms with van der Waals surface area (Å²) >= 11 is 2.87. The highest BCUT2D eigenvalue weighted by molar-refractivity contribution is 9.09. The van der Waals surface area contributed by atoms with Gasteiger partial charge < -0.3 is 9.84 Å². The molecule has 0 saturated heterocycles. The molecule has 0 unspecified atom stereocenters. The molecule has 0 aliphatic rings. The summed E-state index contributed by atoms with van der Waals surface area (Å²) < 4.78 is 26.6. The first-order valence-electron chi connectivity index (χ1n) is 5.11. The second kappa shape index (κ2) is 29.2. The molecule has 15 heavy (non-hydrogen) atoms. The highest BCUT2D eigenvalue weighted by Gasteiger charge is 1.80. The second-order valence-electron chi connectivity index (χ2n) is 2.40. The summed E-state index contributed by atoms with van der Waals surface area (Å²) in [4.78, 5) is 0. The molecule has 0 aliphatic carbocycles. The molecule has 0 aromatic rings. The van der Waals surface area contributed by atoms with Crippen LogP contribution < -0.4 is 0 Å². The highest BCUT2D eigenvalue weighted by Crippen LogP contribution is 1.78. The third-order valence-corrected chi connectivity index (χ3v) is 1.16. The molecule has 1 N–H and O–H groups in total. The van der Waals surface area contributed by atoms with Gasteiger partial charge in [0.1, 0.15) is 6.67 Å². The van der Waals surface area contributed by atoms with Gasteiger partial charge in [-0.15, -0.1) is 0 Å². The first-order chi connectivity index (χ1) is 7.24. The fourth-order valence-electron chi connectivity index (χ4n) is 0.301. The Morgan fingerprint density at radius 1 is 1.07 bits per heavy atom. The molecule has 0 amide bonds. The Bertz CT molecular complexity index is 66.4. The summed E-state index contributed by atoms with van der Waals surface area (Å²) in [6.45, 7) is 4.57. The van der Waals surface area contributed by atoms with Gasteiger partial charge in [0.15, 0.2) is 0 Å². The molecule has 0 aromatic heterocycles. The van der Waals surface area contributed by atoms with E-state index in [4.69, 9.17) is 9.84 Å². The first-order valence-corrected chi connectivity index (χ1v) is 6.23. The zero-order valence-corrected chi connectivity index (χ0v) is 11.2. The number of alkyl halides is 3. The van der Waals surface area contributed by atoms with Crippen molar-refractivity contribution in [2.24, 2.45) is 0 Å². The Morgan fingerprint density at radius 2 is 1.53 bits per heavy atom. The van der Waals surface area contributed by atoms with Crippen molar-refractivity contribution in [2.45, 2.75) is 26.7 Å². The van der Waals surface area contributed by atoms with E-state index in [0.29, 0.717) is 18.5 Å². The predicted molar refractivity (Wildman–Crippen MR) is 64.2 cm³/mol. The number of halogens is 3. The van der Waals surface area contributed by atoms with Crippen molar-refractivity contribution in [1.82, 2.24) is 0 Å². The van der Waals surface area contributed by atoms with Crippen LogP contribution in [0.5, 0.6) is 0 Å². The van der Waals surface area contributed by atoms with Crippen molar-refractivity contribution in [2.75, 3.05) is 38.5 Å². The molecular weight excluding hydrogens is 270 g/mol. The third-order valence-electron chi connectivity index (χ3n) is 0.865. The van der Waals surface area contributed by atoms with Crippen LogP contribution in [0.2, 0.25) is 0 Å². The maximum atomic E-state index is 11.2. The van der Waals surface area contributed by atoms with Crippen LogP contribution in [0.4, 0.5) is 8.78 Å². The monoisotopic (exact) mass is 292 g/mol. The molecule has 0 bridgehead atoms. The zero-order chi connectivity index (χ0) is 12.4. The summed E-state index contributed by atoms with van der Waals surface area (Å²) in [6.07, 6.45) is 1.85. The molecule has 0 saturated carbocycles. The Hall–Kier alpha value is 0.260. The van der Waals surface area contributed by atoms with Crippen molar-refractivity contribution in [3.05, 3.63) is 0 Å². The van der Waals surface area contributed by atoms with Crippen molar-refractivity contribution in [3.63, 3.8) is 0 Å². The van der Waals surface area contributed by atoms with Crippen LogP contribution in [0.3, 0.4) is 0 Å². The topological polar surface area (TPSA) is 29.5 Å². The quantitative estimate of drug-likeness (QED) is 0.602. The van der Waals surface area contributed by atoms with Crippen LogP contribution >= 0.6 is 15.9 Å². The smallest absolute Gasteiger partial charge is 0.113 e. The maximum Gasteiger partial charge on any atom is 0.113 e. The summed E-state index contributed by atoms with van der Waals surface area (Å²) in [5.41, 5.74) is 0. The van der Waals surface area contributed by atoms with Gasteiger partial charge >= 0.3 is 0 Å². The van der Waals surface area contributed by atoms with E-state index >= 15 is 0 Å². The van der Waals surface area contributed by atoms with Gasteiger partial charge in [0.2, 0.25) is 0 Å². The molecule has 0 rings (SSSR count). The Morgan fingerprint density at radius 3 is 1.73 bits per heavy atom. The number of hydrogen-bond acceptors (Lipinski definition) is 2. The average molecular weight is 293 g/mol. The fourth-order valence-corrected chi connectivity index (χ4v) is 0.301. The van der Waals surface area contributed by atoms with Crippen LogP contribution in [0.15, 0.2) is 0 Å². The Balaban J connectivity index is -0.000000155. The Labute approximate surface area is 100 Å².